The number of benzene rings is 1. The molecule has 2 N–H and O–H groups in total. The fourth-order valence-corrected chi connectivity index (χ4v) is 3.60. The summed E-state index contributed by atoms with van der Waals surface area (Å²) in [6.45, 7) is 8.80. The van der Waals surface area contributed by atoms with Gasteiger partial charge in [0.1, 0.15) is 5.76 Å². The number of likely N-dealkylation sites (tertiary alicyclic amines) is 1. The van der Waals surface area contributed by atoms with Gasteiger partial charge in [-0.1, -0.05) is 32.9 Å². The molecule has 0 aliphatic carbocycles. The molecule has 6 nitrogen and oxygen atoms in total. The van der Waals surface area contributed by atoms with Gasteiger partial charge in [0.15, 0.2) is 0 Å². The Morgan fingerprint density at radius 1 is 1.07 bits per heavy atom. The molecular formula is C23H31N3O3. The quantitative estimate of drug-likeness (QED) is 0.752. The van der Waals surface area contributed by atoms with Crippen molar-refractivity contribution in [3.05, 3.63) is 59.5 Å². The minimum atomic E-state index is -0.247. The van der Waals surface area contributed by atoms with Gasteiger partial charge in [-0.05, 0) is 61.2 Å². The summed E-state index contributed by atoms with van der Waals surface area (Å²) in [5, 5.41) is 5.63. The summed E-state index contributed by atoms with van der Waals surface area (Å²) in [6.07, 6.45) is 3.98. The molecule has 0 bridgehead atoms. The van der Waals surface area contributed by atoms with Gasteiger partial charge >= 0.3 is 0 Å². The number of hydrogen-bond donors (Lipinski definition) is 2. The van der Waals surface area contributed by atoms with E-state index in [2.05, 4.69) is 36.3 Å². The Kier molecular flexibility index (Phi) is 6.75. The third kappa shape index (κ3) is 5.70. The summed E-state index contributed by atoms with van der Waals surface area (Å²) in [7, 11) is 0. The molecule has 3 rings (SSSR count). The van der Waals surface area contributed by atoms with E-state index in [1.165, 1.54) is 0 Å². The van der Waals surface area contributed by atoms with Gasteiger partial charge in [0, 0.05) is 12.1 Å². The predicted molar refractivity (Wildman–Crippen MR) is 113 cm³/mol. The summed E-state index contributed by atoms with van der Waals surface area (Å²) in [4.78, 5) is 26.9. The van der Waals surface area contributed by atoms with Gasteiger partial charge in [-0.3, -0.25) is 14.5 Å². The van der Waals surface area contributed by atoms with Gasteiger partial charge in [0.25, 0.3) is 5.91 Å². The van der Waals surface area contributed by atoms with E-state index in [0.717, 1.165) is 37.3 Å². The first-order chi connectivity index (χ1) is 13.8. The van der Waals surface area contributed by atoms with E-state index in [0.29, 0.717) is 12.1 Å². The lowest BCUT2D eigenvalue weighted by Crippen LogP contribution is -2.41. The number of amides is 2. The first kappa shape index (κ1) is 21.1. The molecule has 6 heteroatoms. The topological polar surface area (TPSA) is 74.6 Å². The second kappa shape index (κ2) is 9.27. The maximum Gasteiger partial charge on any atom is 0.251 e. The standard InChI is InChI=1S/C23H31N3O3/c1-23(2,3)18-10-8-17(9-11-18)22(28)25-16-21(27)24-15-19(20-7-6-14-29-20)26-12-4-5-13-26/h6-11,14,19H,4-5,12-13,15-16H2,1-3H3,(H,24,27)(H,25,28). The number of furan rings is 1. The van der Waals surface area contributed by atoms with Crippen molar-refractivity contribution in [1.82, 2.24) is 15.5 Å². The number of nitrogens with one attached hydrogen (secondary N) is 2. The molecule has 29 heavy (non-hydrogen) atoms. The van der Waals surface area contributed by atoms with Crippen molar-refractivity contribution in [3.63, 3.8) is 0 Å². The SMILES string of the molecule is CC(C)(C)c1ccc(C(=O)NCC(=O)NCC(c2ccco2)N2CCCC2)cc1. The maximum atomic E-state index is 12.3. The molecule has 0 radical (unpaired) electrons. The molecule has 0 spiro atoms. The fourth-order valence-electron chi connectivity index (χ4n) is 3.60. The van der Waals surface area contributed by atoms with E-state index in [4.69, 9.17) is 4.42 Å². The van der Waals surface area contributed by atoms with Crippen LogP contribution in [0.4, 0.5) is 0 Å². The highest BCUT2D eigenvalue weighted by molar-refractivity contribution is 5.96. The highest BCUT2D eigenvalue weighted by atomic mass is 16.3. The van der Waals surface area contributed by atoms with Crippen molar-refractivity contribution in [2.45, 2.75) is 45.1 Å². The Bertz CT molecular complexity index is 801. The zero-order chi connectivity index (χ0) is 20.9. The molecule has 1 aromatic carbocycles. The number of hydrogen-bond acceptors (Lipinski definition) is 4. The van der Waals surface area contributed by atoms with Crippen molar-refractivity contribution < 1.29 is 14.0 Å². The van der Waals surface area contributed by atoms with Crippen LogP contribution in [0.1, 0.15) is 61.3 Å². The van der Waals surface area contributed by atoms with Crippen LogP contribution in [0.2, 0.25) is 0 Å². The van der Waals surface area contributed by atoms with E-state index in [-0.39, 0.29) is 29.8 Å². The van der Waals surface area contributed by atoms with Crippen LogP contribution in [0, 0.1) is 0 Å². The van der Waals surface area contributed by atoms with Crippen molar-refractivity contribution in [2.24, 2.45) is 0 Å². The Balaban J connectivity index is 1.49. The molecule has 1 atom stereocenters. The van der Waals surface area contributed by atoms with Crippen LogP contribution in [-0.2, 0) is 10.2 Å². The summed E-state index contributed by atoms with van der Waals surface area (Å²) in [5.41, 5.74) is 1.75. The van der Waals surface area contributed by atoms with E-state index >= 15 is 0 Å². The third-order valence-electron chi connectivity index (χ3n) is 5.37. The number of carbonyl (C=O) groups excluding carboxylic acids is 2. The van der Waals surface area contributed by atoms with Gasteiger partial charge in [-0.2, -0.15) is 0 Å². The number of nitrogens with zero attached hydrogens (tertiary/aromatic N) is 1. The van der Waals surface area contributed by atoms with Gasteiger partial charge in [0.2, 0.25) is 5.91 Å². The molecule has 156 valence electrons. The largest absolute Gasteiger partial charge is 0.468 e. The van der Waals surface area contributed by atoms with Gasteiger partial charge < -0.3 is 15.1 Å². The molecule has 1 fully saturated rings. The van der Waals surface area contributed by atoms with Crippen LogP contribution in [0.5, 0.6) is 0 Å². The molecule has 0 saturated carbocycles. The normalized spacial score (nSPS) is 15.8. The van der Waals surface area contributed by atoms with Crippen molar-refractivity contribution in [3.8, 4) is 0 Å². The average molecular weight is 398 g/mol. The molecule has 1 aromatic heterocycles. The van der Waals surface area contributed by atoms with E-state index < -0.39 is 0 Å². The van der Waals surface area contributed by atoms with Gasteiger partial charge in [-0.15, -0.1) is 0 Å². The molecule has 1 unspecified atom stereocenters. The van der Waals surface area contributed by atoms with Crippen LogP contribution < -0.4 is 10.6 Å². The average Bonchev–Trinajstić information content (AvgIpc) is 3.40. The second-order valence-corrected chi connectivity index (χ2v) is 8.59. The van der Waals surface area contributed by atoms with Crippen LogP contribution in [-0.4, -0.2) is 42.9 Å². The lowest BCUT2D eigenvalue weighted by Gasteiger charge is -2.26. The molecular weight excluding hydrogens is 366 g/mol. The summed E-state index contributed by atoms with van der Waals surface area (Å²) >= 11 is 0. The molecule has 1 aliphatic heterocycles. The van der Waals surface area contributed by atoms with E-state index in [1.54, 1.807) is 18.4 Å². The first-order valence-corrected chi connectivity index (χ1v) is 10.3. The van der Waals surface area contributed by atoms with Gasteiger partial charge in [-0.25, -0.2) is 0 Å². The predicted octanol–water partition coefficient (Wildman–Crippen LogP) is 3.26. The Hall–Kier alpha value is -2.60. The fraction of sp³-hybridized carbons (Fsp3) is 0.478. The highest BCUT2D eigenvalue weighted by Gasteiger charge is 2.26. The minimum Gasteiger partial charge on any atom is -0.468 e. The lowest BCUT2D eigenvalue weighted by atomic mass is 9.87. The first-order valence-electron chi connectivity index (χ1n) is 10.3. The lowest BCUT2D eigenvalue weighted by molar-refractivity contribution is -0.120. The van der Waals surface area contributed by atoms with Crippen molar-refractivity contribution >= 4 is 11.8 Å². The van der Waals surface area contributed by atoms with Crippen LogP contribution in [0.25, 0.3) is 0 Å². The summed E-state index contributed by atoms with van der Waals surface area (Å²) in [6, 6.07) is 11.3. The number of rotatable bonds is 7. The van der Waals surface area contributed by atoms with E-state index in [9.17, 15) is 9.59 Å². The zero-order valence-electron chi connectivity index (χ0n) is 17.5. The van der Waals surface area contributed by atoms with Gasteiger partial charge in [0.05, 0.1) is 18.8 Å². The maximum absolute atomic E-state index is 12.3. The second-order valence-electron chi connectivity index (χ2n) is 8.59. The third-order valence-corrected chi connectivity index (χ3v) is 5.37. The van der Waals surface area contributed by atoms with E-state index in [1.807, 2.05) is 24.3 Å². The Labute approximate surface area is 172 Å². The van der Waals surface area contributed by atoms with Crippen LogP contribution >= 0.6 is 0 Å². The smallest absolute Gasteiger partial charge is 0.251 e. The Morgan fingerprint density at radius 2 is 1.76 bits per heavy atom. The van der Waals surface area contributed by atoms with Crippen molar-refractivity contribution in [1.29, 1.82) is 0 Å². The molecule has 2 heterocycles. The van der Waals surface area contributed by atoms with Crippen LogP contribution in [0.3, 0.4) is 0 Å². The monoisotopic (exact) mass is 397 g/mol. The minimum absolute atomic E-state index is 0.0251. The Morgan fingerprint density at radius 3 is 2.34 bits per heavy atom. The number of carbonyl (C=O) groups is 2. The zero-order valence-corrected chi connectivity index (χ0v) is 17.5. The molecule has 2 aromatic rings. The summed E-state index contributed by atoms with van der Waals surface area (Å²) < 4.78 is 5.57. The highest BCUT2D eigenvalue weighted by Crippen LogP contribution is 2.25. The molecule has 1 saturated heterocycles. The van der Waals surface area contributed by atoms with Crippen molar-refractivity contribution in [2.75, 3.05) is 26.2 Å². The molecule has 2 amide bonds. The van der Waals surface area contributed by atoms with Crippen LogP contribution in [0.15, 0.2) is 47.1 Å². The molecule has 1 aliphatic rings. The summed E-state index contributed by atoms with van der Waals surface area (Å²) in [5.74, 6) is 0.401.